The van der Waals surface area contributed by atoms with Gasteiger partial charge in [0.25, 0.3) is 5.91 Å². The van der Waals surface area contributed by atoms with E-state index in [1.54, 1.807) is 55.5 Å². The van der Waals surface area contributed by atoms with Gasteiger partial charge in [-0.05, 0) is 98.4 Å². The fourth-order valence-corrected chi connectivity index (χ4v) is 7.15. The molecule has 1 saturated carbocycles. The van der Waals surface area contributed by atoms with Crippen LogP contribution in [0.4, 0.5) is 0 Å². The molecule has 0 radical (unpaired) electrons. The molecule has 1 saturated heterocycles. The molecule has 278 valence electrons. The highest BCUT2D eigenvalue weighted by molar-refractivity contribution is 6.00. The third-order valence-corrected chi connectivity index (χ3v) is 9.87. The molecule has 3 atom stereocenters. The summed E-state index contributed by atoms with van der Waals surface area (Å²) < 4.78 is 22.6. The Morgan fingerprint density at radius 3 is 2.35 bits per heavy atom. The number of piperidine rings is 1. The molecule has 0 aromatic heterocycles. The predicted molar refractivity (Wildman–Crippen MR) is 192 cm³/mol. The maximum absolute atomic E-state index is 14.5. The summed E-state index contributed by atoms with van der Waals surface area (Å²) in [5.41, 5.74) is 1.61. The fraction of sp³-hybridized carbons (Fsp3) is 0.450. The molecule has 1 unspecified atom stereocenters. The second-order valence-electron chi connectivity index (χ2n) is 13.3. The predicted octanol–water partition coefficient (Wildman–Crippen LogP) is 5.85. The topological polar surface area (TPSA) is 161 Å². The maximum Gasteiger partial charge on any atom is 0.341 e. The molecule has 0 bridgehead atoms. The number of likely N-dealkylation sites (tertiary alicyclic amines) is 1. The summed E-state index contributed by atoms with van der Waals surface area (Å²) in [6.07, 6.45) is 6.37. The summed E-state index contributed by atoms with van der Waals surface area (Å²) >= 11 is 0. The molecule has 2 amide bonds. The number of para-hydroxylation sites is 1. The number of ether oxygens (including phenoxy) is 4. The third-order valence-electron chi connectivity index (χ3n) is 9.87. The number of benzene rings is 3. The molecule has 3 aromatic carbocycles. The number of methoxy groups -OCH3 is 2. The minimum Gasteiger partial charge on any atom is -0.507 e. The van der Waals surface area contributed by atoms with Gasteiger partial charge >= 0.3 is 11.9 Å². The summed E-state index contributed by atoms with van der Waals surface area (Å²) in [5, 5.41) is 22.4. The number of carbonyl (C=O) groups is 4. The molecule has 5 rings (SSSR count). The number of nitrogens with one attached hydrogen (secondary N) is 1. The Balaban J connectivity index is 1.39. The highest BCUT2D eigenvalue weighted by Crippen LogP contribution is 2.33. The van der Waals surface area contributed by atoms with Crippen molar-refractivity contribution in [1.82, 2.24) is 10.2 Å². The number of hydrogen-bond donors (Lipinski definition) is 3. The van der Waals surface area contributed by atoms with Gasteiger partial charge in [-0.1, -0.05) is 49.6 Å². The van der Waals surface area contributed by atoms with Crippen molar-refractivity contribution in [3.8, 4) is 23.0 Å². The molecule has 12 nitrogen and oxygen atoms in total. The SMILES string of the molecule is COc1ccc(CCC(OC(=O)[C@@H]2CCCCN2C(=O)[C@@H](NC(=O)c2ccccc2O)C2CCCCC2)c2cccc(OCC(=O)O)c2)cc1OC. The normalized spacial score (nSPS) is 17.3. The molecular weight excluding hydrogens is 668 g/mol. The van der Waals surface area contributed by atoms with E-state index < -0.39 is 42.6 Å². The lowest BCUT2D eigenvalue weighted by Crippen LogP contribution is -2.58. The van der Waals surface area contributed by atoms with Crippen LogP contribution in [-0.2, 0) is 25.5 Å². The highest BCUT2D eigenvalue weighted by Gasteiger charge is 2.41. The Morgan fingerprint density at radius 2 is 1.62 bits per heavy atom. The molecular formula is C40H48N2O10. The summed E-state index contributed by atoms with van der Waals surface area (Å²) in [6, 6.07) is 16.8. The number of carboxylic acid groups (broad SMARTS) is 1. The van der Waals surface area contributed by atoms with Crippen molar-refractivity contribution in [2.75, 3.05) is 27.4 Å². The van der Waals surface area contributed by atoms with E-state index >= 15 is 0 Å². The number of carbonyl (C=O) groups excluding carboxylic acids is 3. The number of hydrogen-bond acceptors (Lipinski definition) is 9. The zero-order chi connectivity index (χ0) is 37.0. The maximum atomic E-state index is 14.5. The summed E-state index contributed by atoms with van der Waals surface area (Å²) in [6.45, 7) is -0.190. The summed E-state index contributed by atoms with van der Waals surface area (Å²) in [7, 11) is 3.12. The number of aromatic hydroxyl groups is 1. The van der Waals surface area contributed by atoms with E-state index in [9.17, 15) is 24.3 Å². The molecule has 52 heavy (non-hydrogen) atoms. The van der Waals surface area contributed by atoms with Crippen molar-refractivity contribution in [2.24, 2.45) is 5.92 Å². The van der Waals surface area contributed by atoms with Crippen molar-refractivity contribution < 1.29 is 48.3 Å². The molecule has 2 aliphatic rings. The van der Waals surface area contributed by atoms with Gasteiger partial charge in [-0.2, -0.15) is 0 Å². The number of phenolic OH excluding ortho intramolecular Hbond substituents is 1. The first-order valence-corrected chi connectivity index (χ1v) is 17.9. The van der Waals surface area contributed by atoms with E-state index in [-0.39, 0.29) is 23.1 Å². The second-order valence-corrected chi connectivity index (χ2v) is 13.3. The zero-order valence-corrected chi connectivity index (χ0v) is 29.8. The van der Waals surface area contributed by atoms with Crippen molar-refractivity contribution in [3.63, 3.8) is 0 Å². The van der Waals surface area contributed by atoms with Gasteiger partial charge in [-0.25, -0.2) is 9.59 Å². The van der Waals surface area contributed by atoms with Crippen LogP contribution in [-0.4, -0.2) is 78.3 Å². The van der Waals surface area contributed by atoms with Crippen molar-refractivity contribution in [2.45, 2.75) is 82.4 Å². The number of amides is 2. The minimum atomic E-state index is -1.12. The van der Waals surface area contributed by atoms with E-state index in [1.165, 1.54) is 12.1 Å². The second kappa shape index (κ2) is 18.3. The minimum absolute atomic E-state index is 0.0811. The van der Waals surface area contributed by atoms with Crippen LogP contribution in [0.2, 0.25) is 0 Å². The van der Waals surface area contributed by atoms with Gasteiger partial charge in [0, 0.05) is 6.54 Å². The molecule has 1 aliphatic heterocycles. The summed E-state index contributed by atoms with van der Waals surface area (Å²) in [4.78, 5) is 54.8. The van der Waals surface area contributed by atoms with Crippen molar-refractivity contribution in [1.29, 1.82) is 0 Å². The molecule has 12 heteroatoms. The lowest BCUT2D eigenvalue weighted by atomic mass is 9.82. The van der Waals surface area contributed by atoms with Crippen LogP contribution in [0.3, 0.4) is 0 Å². The number of nitrogens with zero attached hydrogens (tertiary/aromatic N) is 1. The van der Waals surface area contributed by atoms with Gasteiger partial charge in [0.05, 0.1) is 19.8 Å². The first kappa shape index (κ1) is 38.0. The lowest BCUT2D eigenvalue weighted by molar-refractivity contribution is -0.163. The van der Waals surface area contributed by atoms with Crippen molar-refractivity contribution >= 4 is 23.8 Å². The van der Waals surface area contributed by atoms with Gasteiger partial charge < -0.3 is 39.4 Å². The molecule has 3 N–H and O–H groups in total. The van der Waals surface area contributed by atoms with Gasteiger partial charge in [0.2, 0.25) is 5.91 Å². The van der Waals surface area contributed by atoms with Crippen LogP contribution in [0.5, 0.6) is 23.0 Å². The number of phenols is 1. The van der Waals surface area contributed by atoms with Gasteiger partial charge in [0.15, 0.2) is 18.1 Å². The van der Waals surface area contributed by atoms with Crippen molar-refractivity contribution in [3.05, 3.63) is 83.4 Å². The van der Waals surface area contributed by atoms with Gasteiger partial charge in [0.1, 0.15) is 29.7 Å². The smallest absolute Gasteiger partial charge is 0.341 e. The van der Waals surface area contributed by atoms with Crippen LogP contribution >= 0.6 is 0 Å². The molecule has 0 spiro atoms. The monoisotopic (exact) mass is 716 g/mol. The van der Waals surface area contributed by atoms with E-state index in [2.05, 4.69) is 5.32 Å². The molecule has 1 heterocycles. The Kier molecular flexibility index (Phi) is 13.4. The van der Waals surface area contributed by atoms with Gasteiger partial charge in [-0.3, -0.25) is 9.59 Å². The Hall–Kier alpha value is -5.26. The average molecular weight is 717 g/mol. The standard InChI is InChI=1S/C40H48N2O10/c1-49-34-21-19-26(23-35(34)50-2)18-20-33(28-13-10-14-29(24-28)51-25-36(44)45)52-40(48)31-16-8-9-22-42(31)39(47)37(27-11-4-3-5-12-27)41-38(46)30-15-6-7-17-32(30)43/h6-7,10,13-15,17,19,21,23-24,27,31,33,37,43H,3-5,8-9,11-12,16,18,20,22,25H2,1-2H3,(H,41,46)(H,44,45)/t31-,33?,37-/m0/s1. The first-order chi connectivity index (χ1) is 25.2. The van der Waals surface area contributed by atoms with Crippen LogP contribution in [0, 0.1) is 5.92 Å². The Morgan fingerprint density at radius 1 is 0.865 bits per heavy atom. The quantitative estimate of drug-likeness (QED) is 0.163. The van der Waals surface area contributed by atoms with E-state index in [0.717, 1.165) is 44.1 Å². The Labute approximate surface area is 304 Å². The Bertz CT molecular complexity index is 1710. The zero-order valence-electron chi connectivity index (χ0n) is 29.8. The first-order valence-electron chi connectivity index (χ1n) is 17.9. The number of esters is 1. The molecule has 1 aliphatic carbocycles. The van der Waals surface area contributed by atoms with Crippen LogP contribution in [0.1, 0.15) is 85.4 Å². The van der Waals surface area contributed by atoms with E-state index in [4.69, 9.17) is 24.1 Å². The van der Waals surface area contributed by atoms with Gasteiger partial charge in [-0.15, -0.1) is 0 Å². The number of rotatable bonds is 15. The van der Waals surface area contributed by atoms with E-state index in [0.29, 0.717) is 55.0 Å². The fourth-order valence-electron chi connectivity index (χ4n) is 7.15. The highest BCUT2D eigenvalue weighted by atomic mass is 16.5. The number of aryl methyl sites for hydroxylation is 1. The third kappa shape index (κ3) is 9.74. The molecule has 2 fully saturated rings. The lowest BCUT2D eigenvalue weighted by Gasteiger charge is -2.39. The van der Waals surface area contributed by atoms with E-state index in [1.807, 2.05) is 18.2 Å². The van der Waals surface area contributed by atoms with Crippen LogP contribution < -0.4 is 19.5 Å². The number of aliphatic carboxylic acids is 1. The number of carboxylic acids is 1. The van der Waals surface area contributed by atoms with Crippen LogP contribution in [0.25, 0.3) is 0 Å². The largest absolute Gasteiger partial charge is 0.507 e. The average Bonchev–Trinajstić information content (AvgIpc) is 3.17. The summed E-state index contributed by atoms with van der Waals surface area (Å²) in [5.74, 6) is -1.37. The van der Waals surface area contributed by atoms with Crippen LogP contribution in [0.15, 0.2) is 66.7 Å². The molecule has 3 aromatic rings.